The van der Waals surface area contributed by atoms with Gasteiger partial charge in [-0.05, 0) is 25.0 Å². The monoisotopic (exact) mass is 542 g/mol. The van der Waals surface area contributed by atoms with Crippen LogP contribution in [0.4, 0.5) is 38.0 Å². The number of anilines is 2. The molecule has 15 heteroatoms. The lowest BCUT2D eigenvalue weighted by Gasteiger charge is -2.36. The van der Waals surface area contributed by atoms with Crippen molar-refractivity contribution in [2.24, 2.45) is 0 Å². The van der Waals surface area contributed by atoms with Gasteiger partial charge in [-0.2, -0.15) is 26.3 Å². The number of alkyl halides is 6. The summed E-state index contributed by atoms with van der Waals surface area (Å²) in [5.41, 5.74) is -0.718. The van der Waals surface area contributed by atoms with Crippen LogP contribution in [0.25, 0.3) is 11.5 Å². The van der Waals surface area contributed by atoms with E-state index in [4.69, 9.17) is 4.42 Å². The lowest BCUT2D eigenvalue weighted by Crippen LogP contribution is -2.49. The van der Waals surface area contributed by atoms with Crippen LogP contribution in [0.1, 0.15) is 29.1 Å². The summed E-state index contributed by atoms with van der Waals surface area (Å²) in [5, 5.41) is 2.26. The number of piperidine rings is 1. The topological polar surface area (TPSA) is 104 Å². The van der Waals surface area contributed by atoms with E-state index in [-0.39, 0.29) is 49.0 Å². The fraction of sp³-hybridized carbons (Fsp3) is 0.348. The number of rotatable bonds is 5. The van der Waals surface area contributed by atoms with Crippen molar-refractivity contribution in [1.29, 1.82) is 0 Å². The van der Waals surface area contributed by atoms with E-state index in [1.54, 1.807) is 23.1 Å². The quantitative estimate of drug-likeness (QED) is 0.477. The lowest BCUT2D eigenvalue weighted by atomic mass is 10.0. The van der Waals surface area contributed by atoms with E-state index in [1.165, 1.54) is 24.5 Å². The number of nitrogens with one attached hydrogen (secondary N) is 1. The molecule has 9 nitrogen and oxygen atoms in total. The first-order valence-electron chi connectivity index (χ1n) is 11.2. The number of carbonyl (C=O) groups excluding carboxylic acids is 2. The Kier molecular flexibility index (Phi) is 7.29. The number of carbonyl (C=O) groups is 2. The molecule has 4 rings (SSSR count). The minimum absolute atomic E-state index is 0.0125. The maximum Gasteiger partial charge on any atom is 0.471 e. The summed E-state index contributed by atoms with van der Waals surface area (Å²) < 4.78 is 83.4. The average molecular weight is 542 g/mol. The van der Waals surface area contributed by atoms with Crippen molar-refractivity contribution < 1.29 is 40.3 Å². The fourth-order valence-corrected chi connectivity index (χ4v) is 3.93. The molecule has 0 atom stereocenters. The van der Waals surface area contributed by atoms with Gasteiger partial charge in [0.1, 0.15) is 0 Å². The van der Waals surface area contributed by atoms with E-state index in [1.807, 2.05) is 0 Å². The molecule has 0 saturated carbocycles. The second kappa shape index (κ2) is 10.3. The van der Waals surface area contributed by atoms with Crippen molar-refractivity contribution in [3.8, 4) is 11.5 Å². The van der Waals surface area contributed by atoms with Crippen LogP contribution in [0.3, 0.4) is 0 Å². The number of halogens is 6. The zero-order chi connectivity index (χ0) is 27.7. The predicted octanol–water partition coefficient (Wildman–Crippen LogP) is 4.39. The Morgan fingerprint density at radius 3 is 2.18 bits per heavy atom. The number of oxazole rings is 1. The van der Waals surface area contributed by atoms with E-state index >= 15 is 0 Å². The molecule has 1 fully saturated rings. The third-order valence-electron chi connectivity index (χ3n) is 5.87. The molecule has 1 aliphatic rings. The summed E-state index contributed by atoms with van der Waals surface area (Å²) in [6, 6.07) is 7.17. The summed E-state index contributed by atoms with van der Waals surface area (Å²) >= 11 is 0. The summed E-state index contributed by atoms with van der Waals surface area (Å²) in [5.74, 6) is -4.82. The van der Waals surface area contributed by atoms with Gasteiger partial charge in [-0.15, -0.1) is 0 Å². The lowest BCUT2D eigenvalue weighted by molar-refractivity contribution is -0.186. The van der Waals surface area contributed by atoms with Crippen molar-refractivity contribution in [2.75, 3.05) is 30.4 Å². The van der Waals surface area contributed by atoms with E-state index in [0.717, 1.165) is 7.05 Å². The molecule has 1 saturated heterocycles. The van der Waals surface area contributed by atoms with Gasteiger partial charge in [0.2, 0.25) is 17.6 Å². The number of nitrogens with zero attached hydrogens (tertiary/aromatic N) is 5. The second-order valence-electron chi connectivity index (χ2n) is 8.42. The van der Waals surface area contributed by atoms with Gasteiger partial charge in [0.05, 0.1) is 18.1 Å². The first-order chi connectivity index (χ1) is 17.8. The van der Waals surface area contributed by atoms with E-state index in [2.05, 4.69) is 20.3 Å². The van der Waals surface area contributed by atoms with Crippen molar-refractivity contribution in [1.82, 2.24) is 19.9 Å². The van der Waals surface area contributed by atoms with Crippen LogP contribution in [-0.2, 0) is 11.0 Å². The molecule has 1 aromatic carbocycles. The number of amides is 2. The van der Waals surface area contributed by atoms with Crippen LogP contribution < -0.4 is 10.2 Å². The van der Waals surface area contributed by atoms with Gasteiger partial charge in [0.25, 0.3) is 5.91 Å². The van der Waals surface area contributed by atoms with Gasteiger partial charge in [-0.25, -0.2) is 15.0 Å². The Hall–Kier alpha value is -4.17. The van der Waals surface area contributed by atoms with E-state index in [0.29, 0.717) is 4.90 Å². The third kappa shape index (κ3) is 5.86. The zero-order valence-corrected chi connectivity index (χ0v) is 19.7. The Morgan fingerprint density at radius 1 is 1.03 bits per heavy atom. The third-order valence-corrected chi connectivity index (χ3v) is 5.87. The molecule has 0 bridgehead atoms. The highest BCUT2D eigenvalue weighted by Gasteiger charge is 2.44. The van der Waals surface area contributed by atoms with Gasteiger partial charge in [0.15, 0.2) is 5.69 Å². The molecule has 0 radical (unpaired) electrons. The second-order valence-corrected chi connectivity index (χ2v) is 8.42. The average Bonchev–Trinajstić information content (AvgIpc) is 3.35. The SMILES string of the molecule is CN(C(=O)C(F)(F)F)C1CCN(c2ncc(NC(=O)c3nc(-c4ccccc4)oc3C(F)(F)F)cn2)CC1. The Balaban J connectivity index is 1.42. The molecule has 38 heavy (non-hydrogen) atoms. The Bertz CT molecular complexity index is 1290. The molecule has 1 N–H and O–H groups in total. The minimum Gasteiger partial charge on any atom is -0.431 e. The van der Waals surface area contributed by atoms with Crippen LogP contribution in [-0.4, -0.2) is 64.0 Å². The van der Waals surface area contributed by atoms with Crippen LogP contribution in [0.15, 0.2) is 47.1 Å². The maximum absolute atomic E-state index is 13.5. The van der Waals surface area contributed by atoms with Crippen LogP contribution in [0.5, 0.6) is 0 Å². The molecule has 1 aliphatic heterocycles. The van der Waals surface area contributed by atoms with Crippen molar-refractivity contribution in [3.63, 3.8) is 0 Å². The highest BCUT2D eigenvalue weighted by molar-refractivity contribution is 6.03. The highest BCUT2D eigenvalue weighted by Crippen LogP contribution is 2.35. The smallest absolute Gasteiger partial charge is 0.431 e. The summed E-state index contributed by atoms with van der Waals surface area (Å²) in [6.07, 6.45) is -7.08. The number of hydrogen-bond donors (Lipinski definition) is 1. The molecular weight excluding hydrogens is 522 g/mol. The largest absolute Gasteiger partial charge is 0.471 e. The summed E-state index contributed by atoms with van der Waals surface area (Å²) in [4.78, 5) is 38.4. The van der Waals surface area contributed by atoms with Gasteiger partial charge in [-0.1, -0.05) is 18.2 Å². The van der Waals surface area contributed by atoms with Crippen LogP contribution >= 0.6 is 0 Å². The Labute approximate surface area is 211 Å². The first kappa shape index (κ1) is 26.9. The standard InChI is InChI=1S/C23H20F6N6O3/c1-34(20(37)23(27,28)29)15-7-9-35(10-8-15)21-30-11-14(12-31-21)32-18(36)16-17(22(24,25)26)38-19(33-16)13-5-3-2-4-6-13/h2-6,11-12,15H,7-10H2,1H3,(H,32,36). The maximum atomic E-state index is 13.5. The summed E-state index contributed by atoms with van der Waals surface area (Å²) in [7, 11) is 1.10. The minimum atomic E-state index is -4.97. The normalized spacial score (nSPS) is 14.9. The van der Waals surface area contributed by atoms with Crippen molar-refractivity contribution >= 4 is 23.5 Å². The number of benzene rings is 1. The van der Waals surface area contributed by atoms with Crippen LogP contribution in [0.2, 0.25) is 0 Å². The fourth-order valence-electron chi connectivity index (χ4n) is 3.93. The highest BCUT2D eigenvalue weighted by atomic mass is 19.4. The molecule has 0 unspecified atom stereocenters. The molecule has 2 aromatic heterocycles. The number of aromatic nitrogens is 3. The number of hydrogen-bond acceptors (Lipinski definition) is 7. The van der Waals surface area contributed by atoms with Gasteiger partial charge < -0.3 is 19.5 Å². The van der Waals surface area contributed by atoms with Crippen LogP contribution in [0, 0.1) is 0 Å². The molecule has 0 aliphatic carbocycles. The molecule has 3 heterocycles. The Morgan fingerprint density at radius 2 is 1.63 bits per heavy atom. The van der Waals surface area contributed by atoms with Gasteiger partial charge in [0, 0.05) is 31.7 Å². The first-order valence-corrected chi connectivity index (χ1v) is 11.2. The van der Waals surface area contributed by atoms with Crippen molar-refractivity contribution in [3.05, 3.63) is 54.2 Å². The van der Waals surface area contributed by atoms with E-state index < -0.39 is 41.7 Å². The summed E-state index contributed by atoms with van der Waals surface area (Å²) in [6.45, 7) is 0.532. The molecule has 3 aromatic rings. The zero-order valence-electron chi connectivity index (χ0n) is 19.7. The molecule has 0 spiro atoms. The van der Waals surface area contributed by atoms with Crippen molar-refractivity contribution in [2.45, 2.75) is 31.2 Å². The van der Waals surface area contributed by atoms with Gasteiger partial charge in [-0.3, -0.25) is 9.59 Å². The molecular formula is C23H20F6N6O3. The van der Waals surface area contributed by atoms with Gasteiger partial charge >= 0.3 is 18.3 Å². The van der Waals surface area contributed by atoms with E-state index in [9.17, 15) is 35.9 Å². The predicted molar refractivity (Wildman–Crippen MR) is 121 cm³/mol. The molecule has 202 valence electrons. The molecule has 2 amide bonds.